The highest BCUT2D eigenvalue weighted by atomic mass is 16.5. The van der Waals surface area contributed by atoms with Crippen molar-refractivity contribution in [2.24, 2.45) is 0 Å². The van der Waals surface area contributed by atoms with Crippen LogP contribution < -0.4 is 0 Å². The Morgan fingerprint density at radius 1 is 1.13 bits per heavy atom. The summed E-state index contributed by atoms with van der Waals surface area (Å²) >= 11 is 0. The largest absolute Gasteiger partial charge is 0.624 e. The van der Waals surface area contributed by atoms with E-state index in [1.165, 1.54) is 7.05 Å². The van der Waals surface area contributed by atoms with Gasteiger partial charge < -0.3 is 14.7 Å². The SMILES string of the molecule is CCOC(=O)C1=C(c2ccccc2)c2ccc(CN3CCOCC3)cc2/C1=[N+](/C)[O-]. The summed E-state index contributed by atoms with van der Waals surface area (Å²) in [5.74, 6) is -0.472. The standard InChI is InChI=1S/C24H26N2O4/c1-3-30-24(27)22-21(18-7-5-4-6-8-18)19-10-9-17(15-20(19)23(22)25(2)28)16-26-11-13-29-14-12-26/h4-10,15H,3,11-14,16H2,1-2H3/b25-23+. The number of carbonyl (C=O) groups is 1. The minimum atomic E-state index is -0.472. The molecule has 0 aromatic heterocycles. The van der Waals surface area contributed by atoms with E-state index in [-0.39, 0.29) is 6.61 Å². The van der Waals surface area contributed by atoms with Crippen molar-refractivity contribution < 1.29 is 19.0 Å². The van der Waals surface area contributed by atoms with Crippen molar-refractivity contribution in [2.75, 3.05) is 40.0 Å². The average molecular weight is 406 g/mol. The highest BCUT2D eigenvalue weighted by Crippen LogP contribution is 2.39. The van der Waals surface area contributed by atoms with Gasteiger partial charge in [0.1, 0.15) is 12.6 Å². The van der Waals surface area contributed by atoms with Crippen molar-refractivity contribution in [2.45, 2.75) is 13.5 Å². The first-order chi connectivity index (χ1) is 14.6. The third kappa shape index (κ3) is 3.88. The predicted molar refractivity (Wildman–Crippen MR) is 115 cm³/mol. The number of ether oxygens (including phenoxy) is 2. The Morgan fingerprint density at radius 3 is 2.53 bits per heavy atom. The lowest BCUT2D eigenvalue weighted by Gasteiger charge is -2.26. The zero-order chi connectivity index (χ0) is 21.1. The summed E-state index contributed by atoms with van der Waals surface area (Å²) in [5.41, 5.74) is 5.10. The quantitative estimate of drug-likeness (QED) is 0.331. The molecule has 0 atom stereocenters. The van der Waals surface area contributed by atoms with Crippen molar-refractivity contribution in [1.82, 2.24) is 4.90 Å². The average Bonchev–Trinajstić information content (AvgIpc) is 3.10. The lowest BCUT2D eigenvalue weighted by Crippen LogP contribution is -2.35. The van der Waals surface area contributed by atoms with E-state index in [0.29, 0.717) is 11.3 Å². The van der Waals surface area contributed by atoms with Gasteiger partial charge in [0.25, 0.3) is 0 Å². The summed E-state index contributed by atoms with van der Waals surface area (Å²) in [6.45, 7) is 6.04. The third-order valence-corrected chi connectivity index (χ3v) is 5.46. The summed E-state index contributed by atoms with van der Waals surface area (Å²) in [6, 6.07) is 15.8. The van der Waals surface area contributed by atoms with Crippen LogP contribution in [-0.2, 0) is 20.8 Å². The van der Waals surface area contributed by atoms with Gasteiger partial charge in [-0.05, 0) is 29.7 Å². The highest BCUT2D eigenvalue weighted by molar-refractivity contribution is 6.35. The molecule has 1 aliphatic carbocycles. The zero-order valence-corrected chi connectivity index (χ0v) is 17.4. The molecule has 30 heavy (non-hydrogen) atoms. The molecule has 1 saturated heterocycles. The fourth-order valence-corrected chi connectivity index (χ4v) is 4.14. The number of benzene rings is 2. The third-order valence-electron chi connectivity index (χ3n) is 5.46. The molecule has 2 aromatic rings. The molecule has 2 aliphatic rings. The fraction of sp³-hybridized carbons (Fsp3) is 0.333. The summed E-state index contributed by atoms with van der Waals surface area (Å²) in [5, 5.41) is 12.6. The van der Waals surface area contributed by atoms with Gasteiger partial charge in [-0.25, -0.2) is 9.53 Å². The molecule has 6 nitrogen and oxygen atoms in total. The van der Waals surface area contributed by atoms with Gasteiger partial charge in [0.05, 0.1) is 25.4 Å². The van der Waals surface area contributed by atoms with Gasteiger partial charge in [0.15, 0.2) is 0 Å². The van der Waals surface area contributed by atoms with Gasteiger partial charge in [-0.2, -0.15) is 0 Å². The topological polar surface area (TPSA) is 64.8 Å². The minimum absolute atomic E-state index is 0.249. The van der Waals surface area contributed by atoms with Crippen LogP contribution in [-0.4, -0.2) is 61.3 Å². The molecular weight excluding hydrogens is 380 g/mol. The Kier molecular flexibility index (Phi) is 5.97. The Morgan fingerprint density at radius 2 is 1.87 bits per heavy atom. The van der Waals surface area contributed by atoms with Gasteiger partial charge in [0.2, 0.25) is 5.71 Å². The molecule has 0 radical (unpaired) electrons. The highest BCUT2D eigenvalue weighted by Gasteiger charge is 2.38. The van der Waals surface area contributed by atoms with E-state index < -0.39 is 5.97 Å². The summed E-state index contributed by atoms with van der Waals surface area (Å²) in [6.07, 6.45) is 0. The number of nitrogens with zero attached hydrogens (tertiary/aromatic N) is 2. The van der Waals surface area contributed by atoms with Crippen LogP contribution in [0.4, 0.5) is 0 Å². The second-order valence-corrected chi connectivity index (χ2v) is 7.45. The molecule has 2 aromatic carbocycles. The van der Waals surface area contributed by atoms with Crippen LogP contribution >= 0.6 is 0 Å². The molecular formula is C24H26N2O4. The molecule has 0 spiro atoms. The molecule has 0 N–H and O–H groups in total. The molecule has 156 valence electrons. The van der Waals surface area contributed by atoms with E-state index >= 15 is 0 Å². The number of fused-ring (bicyclic) bond motifs is 1. The smallest absolute Gasteiger partial charge is 0.345 e. The van der Waals surface area contributed by atoms with Crippen molar-refractivity contribution in [3.05, 3.63) is 81.6 Å². The Bertz CT molecular complexity index is 1000. The van der Waals surface area contributed by atoms with E-state index in [4.69, 9.17) is 9.47 Å². The van der Waals surface area contributed by atoms with Crippen LogP contribution in [0.5, 0.6) is 0 Å². The van der Waals surface area contributed by atoms with Crippen LogP contribution in [0.2, 0.25) is 0 Å². The van der Waals surface area contributed by atoms with Gasteiger partial charge in [0, 0.05) is 25.2 Å². The van der Waals surface area contributed by atoms with E-state index in [1.54, 1.807) is 6.92 Å². The second kappa shape index (κ2) is 8.81. The maximum absolute atomic E-state index is 12.9. The molecule has 1 aliphatic heterocycles. The zero-order valence-electron chi connectivity index (χ0n) is 17.4. The van der Waals surface area contributed by atoms with Gasteiger partial charge in [-0.1, -0.05) is 42.5 Å². The van der Waals surface area contributed by atoms with Crippen molar-refractivity contribution in [1.29, 1.82) is 0 Å². The molecule has 4 rings (SSSR count). The first-order valence-electron chi connectivity index (χ1n) is 10.3. The van der Waals surface area contributed by atoms with Gasteiger partial charge in [-0.3, -0.25) is 4.90 Å². The lowest BCUT2D eigenvalue weighted by molar-refractivity contribution is -0.421. The van der Waals surface area contributed by atoms with Gasteiger partial charge >= 0.3 is 5.97 Å². The van der Waals surface area contributed by atoms with E-state index in [0.717, 1.165) is 65.4 Å². The minimum Gasteiger partial charge on any atom is -0.624 e. The first kappa shape index (κ1) is 20.3. The van der Waals surface area contributed by atoms with Crippen LogP contribution in [0.3, 0.4) is 0 Å². The van der Waals surface area contributed by atoms with Crippen LogP contribution in [0.1, 0.15) is 29.2 Å². The van der Waals surface area contributed by atoms with Crippen LogP contribution in [0, 0.1) is 5.21 Å². The number of hydrogen-bond acceptors (Lipinski definition) is 5. The fourth-order valence-electron chi connectivity index (χ4n) is 4.14. The predicted octanol–water partition coefficient (Wildman–Crippen LogP) is 2.83. The Hall–Kier alpha value is -2.96. The van der Waals surface area contributed by atoms with E-state index in [9.17, 15) is 10.0 Å². The molecule has 1 fully saturated rings. The number of hydrogen-bond donors (Lipinski definition) is 0. The van der Waals surface area contributed by atoms with Crippen molar-refractivity contribution >= 4 is 17.3 Å². The van der Waals surface area contributed by atoms with E-state index in [2.05, 4.69) is 11.0 Å². The molecule has 0 bridgehead atoms. The van der Waals surface area contributed by atoms with E-state index in [1.807, 2.05) is 42.5 Å². The number of rotatable bonds is 5. The molecule has 0 unspecified atom stereocenters. The Balaban J connectivity index is 1.82. The molecule has 0 amide bonds. The number of esters is 1. The summed E-state index contributed by atoms with van der Waals surface area (Å²) < 4.78 is 11.5. The van der Waals surface area contributed by atoms with Crippen molar-refractivity contribution in [3.8, 4) is 0 Å². The second-order valence-electron chi connectivity index (χ2n) is 7.45. The molecule has 1 heterocycles. The summed E-state index contributed by atoms with van der Waals surface area (Å²) in [7, 11) is 1.43. The lowest BCUT2D eigenvalue weighted by atomic mass is 9.96. The maximum Gasteiger partial charge on any atom is 0.345 e. The molecule has 6 heteroatoms. The normalized spacial score (nSPS) is 18.3. The molecule has 0 saturated carbocycles. The number of morpholine rings is 1. The first-order valence-corrected chi connectivity index (χ1v) is 10.3. The van der Waals surface area contributed by atoms with Crippen molar-refractivity contribution in [3.63, 3.8) is 0 Å². The Labute approximate surface area is 176 Å². The monoisotopic (exact) mass is 406 g/mol. The number of carbonyl (C=O) groups excluding carboxylic acids is 1. The van der Waals surface area contributed by atoms with Crippen LogP contribution in [0.25, 0.3) is 5.57 Å². The van der Waals surface area contributed by atoms with Crippen LogP contribution in [0.15, 0.2) is 54.1 Å². The number of hydroxylamine groups is 1. The maximum atomic E-state index is 12.9. The summed E-state index contributed by atoms with van der Waals surface area (Å²) in [4.78, 5) is 15.3. The van der Waals surface area contributed by atoms with Gasteiger partial charge in [-0.15, -0.1) is 0 Å².